The fraction of sp³-hybridized carbons (Fsp3) is 0.300. The Bertz CT molecular complexity index is 851. The summed E-state index contributed by atoms with van der Waals surface area (Å²) in [6.45, 7) is 2.06. The first-order valence-electron chi connectivity index (χ1n) is 8.38. The molecule has 1 saturated heterocycles. The fourth-order valence-corrected chi connectivity index (χ4v) is 3.27. The lowest BCUT2D eigenvalue weighted by atomic mass is 9.82. The Kier molecular flexibility index (Phi) is 4.76. The summed E-state index contributed by atoms with van der Waals surface area (Å²) in [5, 5.41) is 9.37. The lowest BCUT2D eigenvalue weighted by Crippen LogP contribution is -2.48. The van der Waals surface area contributed by atoms with Crippen molar-refractivity contribution in [1.29, 1.82) is 0 Å². The molecule has 4 nitrogen and oxygen atoms in total. The Morgan fingerprint density at radius 1 is 1.08 bits per heavy atom. The molecule has 0 bridgehead atoms. The average Bonchev–Trinajstić information content (AvgIpc) is 2.61. The zero-order valence-corrected chi connectivity index (χ0v) is 14.3. The van der Waals surface area contributed by atoms with Gasteiger partial charge < -0.3 is 10.0 Å². The van der Waals surface area contributed by atoms with Crippen LogP contribution in [0.5, 0.6) is 0 Å². The van der Waals surface area contributed by atoms with E-state index in [1.165, 1.54) is 41.3 Å². The van der Waals surface area contributed by atoms with Gasteiger partial charge in [-0.3, -0.25) is 9.59 Å². The molecule has 1 amide bonds. The Labute approximate surface area is 150 Å². The van der Waals surface area contributed by atoms with E-state index in [1.54, 1.807) is 13.0 Å². The Hall–Kier alpha value is -2.76. The van der Waals surface area contributed by atoms with Gasteiger partial charge in [-0.1, -0.05) is 18.2 Å². The van der Waals surface area contributed by atoms with Crippen molar-refractivity contribution in [3.8, 4) is 11.1 Å². The van der Waals surface area contributed by atoms with E-state index in [-0.39, 0.29) is 17.9 Å². The van der Waals surface area contributed by atoms with Crippen LogP contribution in [0.2, 0.25) is 0 Å². The summed E-state index contributed by atoms with van der Waals surface area (Å²) in [6, 6.07) is 9.87. The lowest BCUT2D eigenvalue weighted by Gasteiger charge is -2.37. The number of carboxylic acids is 1. The van der Waals surface area contributed by atoms with Crippen LogP contribution in [0.1, 0.15) is 30.1 Å². The Balaban J connectivity index is 1.84. The third kappa shape index (κ3) is 3.45. The van der Waals surface area contributed by atoms with Crippen LogP contribution in [0.3, 0.4) is 0 Å². The van der Waals surface area contributed by atoms with E-state index in [9.17, 15) is 23.5 Å². The number of aliphatic carboxylic acids is 1. The van der Waals surface area contributed by atoms with Crippen molar-refractivity contribution in [3.05, 3.63) is 59.7 Å². The summed E-state index contributed by atoms with van der Waals surface area (Å²) in [5.74, 6) is -2.53. The number of hydrogen-bond donors (Lipinski definition) is 1. The van der Waals surface area contributed by atoms with Gasteiger partial charge in [0.1, 0.15) is 11.6 Å². The molecule has 0 saturated carbocycles. The molecule has 0 aliphatic carbocycles. The Morgan fingerprint density at radius 3 is 2.35 bits per heavy atom. The molecule has 0 radical (unpaired) electrons. The number of nitrogens with zero attached hydrogens (tertiary/aromatic N) is 1. The third-order valence-corrected chi connectivity index (χ3v) is 4.88. The average molecular weight is 359 g/mol. The van der Waals surface area contributed by atoms with Gasteiger partial charge in [0, 0.05) is 13.1 Å². The van der Waals surface area contributed by atoms with Crippen molar-refractivity contribution >= 4 is 11.9 Å². The minimum absolute atomic E-state index is 0.0559. The number of piperidine rings is 1. The molecule has 2 aromatic rings. The van der Waals surface area contributed by atoms with Crippen LogP contribution >= 0.6 is 0 Å². The maximum Gasteiger partial charge on any atom is 0.311 e. The van der Waals surface area contributed by atoms with Gasteiger partial charge in [-0.15, -0.1) is 0 Å². The second kappa shape index (κ2) is 6.86. The molecule has 1 aliphatic heterocycles. The molecule has 26 heavy (non-hydrogen) atoms. The number of carbonyl (C=O) groups is 2. The van der Waals surface area contributed by atoms with Gasteiger partial charge in [-0.05, 0) is 55.2 Å². The predicted molar refractivity (Wildman–Crippen MR) is 92.7 cm³/mol. The monoisotopic (exact) mass is 359 g/mol. The molecule has 1 fully saturated rings. The quantitative estimate of drug-likeness (QED) is 0.902. The van der Waals surface area contributed by atoms with Crippen LogP contribution in [-0.4, -0.2) is 35.0 Å². The van der Waals surface area contributed by atoms with Gasteiger partial charge in [0.2, 0.25) is 0 Å². The van der Waals surface area contributed by atoms with Crippen LogP contribution in [0, 0.1) is 17.0 Å². The molecular weight excluding hydrogens is 340 g/mol. The number of hydrogen-bond acceptors (Lipinski definition) is 2. The first-order chi connectivity index (χ1) is 12.3. The van der Waals surface area contributed by atoms with Crippen LogP contribution in [0.25, 0.3) is 11.1 Å². The third-order valence-electron chi connectivity index (χ3n) is 4.88. The smallest absolute Gasteiger partial charge is 0.311 e. The summed E-state index contributed by atoms with van der Waals surface area (Å²) in [7, 11) is 0. The largest absolute Gasteiger partial charge is 0.481 e. The summed E-state index contributed by atoms with van der Waals surface area (Å²) < 4.78 is 27.5. The standard InChI is InChI=1S/C20H19F2NO3/c1-20(19(25)26)9-2-10-23(12-20)18(24)16-8-5-14(11-17(16)22)13-3-6-15(21)7-4-13/h3-8,11H,2,9-10,12H2,1H3,(H,25,26). The highest BCUT2D eigenvalue weighted by Gasteiger charge is 2.39. The minimum Gasteiger partial charge on any atom is -0.481 e. The second-order valence-electron chi connectivity index (χ2n) is 6.90. The molecule has 6 heteroatoms. The summed E-state index contributed by atoms with van der Waals surface area (Å²) >= 11 is 0. The molecule has 1 unspecified atom stereocenters. The van der Waals surface area contributed by atoms with Crippen molar-refractivity contribution in [3.63, 3.8) is 0 Å². The van der Waals surface area contributed by atoms with E-state index in [4.69, 9.17) is 0 Å². The SMILES string of the molecule is CC1(C(=O)O)CCCN(C(=O)c2ccc(-c3ccc(F)cc3)cc2F)C1. The number of rotatable bonds is 3. The van der Waals surface area contributed by atoms with Crippen molar-refractivity contribution in [2.24, 2.45) is 5.41 Å². The first kappa shape index (κ1) is 18.0. The number of likely N-dealkylation sites (tertiary alicyclic amines) is 1. The maximum atomic E-state index is 14.5. The van der Waals surface area contributed by atoms with Crippen LogP contribution in [-0.2, 0) is 4.79 Å². The number of halogens is 2. The molecule has 1 atom stereocenters. The zero-order valence-electron chi connectivity index (χ0n) is 14.3. The molecule has 1 N–H and O–H groups in total. The molecule has 136 valence electrons. The van der Waals surface area contributed by atoms with E-state index in [0.717, 1.165) is 0 Å². The molecule has 3 rings (SSSR count). The van der Waals surface area contributed by atoms with E-state index in [2.05, 4.69) is 0 Å². The number of benzene rings is 2. The second-order valence-corrected chi connectivity index (χ2v) is 6.90. The van der Waals surface area contributed by atoms with Gasteiger partial charge in [0.15, 0.2) is 0 Å². The summed E-state index contributed by atoms with van der Waals surface area (Å²) in [6.07, 6.45) is 1.04. The van der Waals surface area contributed by atoms with Gasteiger partial charge >= 0.3 is 5.97 Å². The summed E-state index contributed by atoms with van der Waals surface area (Å²) in [4.78, 5) is 25.5. The van der Waals surface area contributed by atoms with Crippen molar-refractivity contribution < 1.29 is 23.5 Å². The highest BCUT2D eigenvalue weighted by Crippen LogP contribution is 2.31. The molecular formula is C20H19F2NO3. The van der Waals surface area contributed by atoms with Crippen molar-refractivity contribution in [2.75, 3.05) is 13.1 Å². The first-order valence-corrected chi connectivity index (χ1v) is 8.38. The van der Waals surface area contributed by atoms with E-state index >= 15 is 0 Å². The maximum absolute atomic E-state index is 14.5. The van der Waals surface area contributed by atoms with Gasteiger partial charge in [-0.25, -0.2) is 8.78 Å². The van der Waals surface area contributed by atoms with Gasteiger partial charge in [-0.2, -0.15) is 0 Å². The van der Waals surface area contributed by atoms with Crippen molar-refractivity contribution in [2.45, 2.75) is 19.8 Å². The van der Waals surface area contributed by atoms with Crippen molar-refractivity contribution in [1.82, 2.24) is 4.90 Å². The molecule has 1 aliphatic rings. The van der Waals surface area contributed by atoms with E-state index in [0.29, 0.717) is 30.5 Å². The Morgan fingerprint density at radius 2 is 1.73 bits per heavy atom. The zero-order chi connectivity index (χ0) is 18.9. The van der Waals surface area contributed by atoms with Crippen LogP contribution < -0.4 is 0 Å². The number of carbonyl (C=O) groups excluding carboxylic acids is 1. The highest BCUT2D eigenvalue weighted by molar-refractivity contribution is 5.95. The predicted octanol–water partition coefficient (Wildman–Crippen LogP) is 3.96. The fourth-order valence-electron chi connectivity index (χ4n) is 3.27. The number of amides is 1. The molecule has 0 aromatic heterocycles. The normalized spacial score (nSPS) is 20.0. The minimum atomic E-state index is -1.02. The van der Waals surface area contributed by atoms with E-state index < -0.39 is 23.1 Å². The van der Waals surface area contributed by atoms with E-state index in [1.807, 2.05) is 0 Å². The highest BCUT2D eigenvalue weighted by atomic mass is 19.1. The molecule has 0 spiro atoms. The lowest BCUT2D eigenvalue weighted by molar-refractivity contribution is -0.150. The molecule has 2 aromatic carbocycles. The molecule has 1 heterocycles. The van der Waals surface area contributed by atoms with Gasteiger partial charge in [0.05, 0.1) is 11.0 Å². The van der Waals surface area contributed by atoms with Crippen LogP contribution in [0.4, 0.5) is 8.78 Å². The van der Waals surface area contributed by atoms with Crippen LogP contribution in [0.15, 0.2) is 42.5 Å². The summed E-state index contributed by atoms with van der Waals surface area (Å²) in [5.41, 5.74) is 0.0672. The topological polar surface area (TPSA) is 57.6 Å². The van der Waals surface area contributed by atoms with Gasteiger partial charge in [0.25, 0.3) is 5.91 Å². The number of carboxylic acid groups (broad SMARTS) is 1.